The quantitative estimate of drug-likeness (QED) is 0.428. The molecule has 8 nitrogen and oxygen atoms in total. The zero-order valence-corrected chi connectivity index (χ0v) is 21.3. The number of fused-ring (bicyclic) bond motifs is 1. The van der Waals surface area contributed by atoms with Crippen molar-refractivity contribution in [2.24, 2.45) is 0 Å². The molecule has 8 heteroatoms. The van der Waals surface area contributed by atoms with Crippen LogP contribution < -0.4 is 9.47 Å². The third-order valence-electron chi connectivity index (χ3n) is 6.67. The van der Waals surface area contributed by atoms with E-state index in [-0.39, 0.29) is 37.8 Å². The number of ether oxygens (including phenoxy) is 3. The van der Waals surface area contributed by atoms with E-state index in [9.17, 15) is 9.59 Å². The Balaban J connectivity index is 1.37. The molecule has 2 aliphatic heterocycles. The van der Waals surface area contributed by atoms with Gasteiger partial charge in [0.05, 0.1) is 12.6 Å². The Hall–Kier alpha value is -3.78. The number of rotatable bonds is 9. The van der Waals surface area contributed by atoms with E-state index in [0.717, 1.165) is 29.7 Å². The van der Waals surface area contributed by atoms with E-state index in [1.807, 2.05) is 56.3 Å². The maximum atomic E-state index is 13.8. The fourth-order valence-electron chi connectivity index (χ4n) is 4.65. The van der Waals surface area contributed by atoms with Crippen LogP contribution in [0.25, 0.3) is 0 Å². The van der Waals surface area contributed by atoms with Gasteiger partial charge in [-0.05, 0) is 68.7 Å². The minimum absolute atomic E-state index is 0.0587. The highest BCUT2D eigenvalue weighted by Gasteiger charge is 2.28. The molecule has 0 saturated carbocycles. The van der Waals surface area contributed by atoms with E-state index in [0.29, 0.717) is 42.5 Å². The van der Waals surface area contributed by atoms with E-state index in [4.69, 9.17) is 18.6 Å². The molecule has 2 aromatic carbocycles. The lowest BCUT2D eigenvalue weighted by Crippen LogP contribution is -2.45. The molecule has 1 aromatic heterocycles. The molecule has 1 saturated heterocycles. The number of amides is 2. The summed E-state index contributed by atoms with van der Waals surface area (Å²) in [6.45, 7) is 5.65. The zero-order valence-electron chi connectivity index (χ0n) is 21.3. The first kappa shape index (κ1) is 24.9. The summed E-state index contributed by atoms with van der Waals surface area (Å²) in [7, 11) is 0. The van der Waals surface area contributed by atoms with Gasteiger partial charge in [0, 0.05) is 25.3 Å². The van der Waals surface area contributed by atoms with E-state index >= 15 is 0 Å². The second-order valence-electron chi connectivity index (χ2n) is 9.64. The van der Waals surface area contributed by atoms with Gasteiger partial charge in [-0.3, -0.25) is 9.59 Å². The lowest BCUT2D eigenvalue weighted by atomic mass is 10.1. The Morgan fingerprint density at radius 3 is 2.46 bits per heavy atom. The highest BCUT2D eigenvalue weighted by atomic mass is 16.7. The first-order valence-corrected chi connectivity index (χ1v) is 12.6. The van der Waals surface area contributed by atoms with E-state index in [2.05, 4.69) is 0 Å². The largest absolute Gasteiger partial charge is 0.464 e. The molecular formula is C29H32N2O6. The molecule has 0 spiro atoms. The average molecular weight is 505 g/mol. The molecule has 1 unspecified atom stereocenters. The number of aryl methyl sites for hydroxylation is 2. The van der Waals surface area contributed by atoms with Crippen LogP contribution in [0, 0.1) is 13.8 Å². The van der Waals surface area contributed by atoms with Gasteiger partial charge in [0.1, 0.15) is 18.1 Å². The Morgan fingerprint density at radius 2 is 1.73 bits per heavy atom. The van der Waals surface area contributed by atoms with Crippen LogP contribution >= 0.6 is 0 Å². The van der Waals surface area contributed by atoms with Crippen molar-refractivity contribution in [3.63, 3.8) is 0 Å². The lowest BCUT2D eigenvalue weighted by molar-refractivity contribution is -0.133. The predicted octanol–water partition coefficient (Wildman–Crippen LogP) is 4.48. The van der Waals surface area contributed by atoms with Crippen molar-refractivity contribution < 1.29 is 28.2 Å². The van der Waals surface area contributed by atoms with Crippen molar-refractivity contribution in [3.8, 4) is 11.5 Å². The summed E-state index contributed by atoms with van der Waals surface area (Å²) in [5.74, 6) is 2.45. The molecule has 3 heterocycles. The molecule has 0 radical (unpaired) electrons. The molecule has 0 N–H and O–H groups in total. The smallest absolute Gasteiger partial charge is 0.254 e. The van der Waals surface area contributed by atoms with Crippen LogP contribution in [0.1, 0.15) is 45.8 Å². The molecular weight excluding hydrogens is 472 g/mol. The summed E-state index contributed by atoms with van der Waals surface area (Å²) in [6.07, 6.45) is 1.76. The summed E-state index contributed by atoms with van der Waals surface area (Å²) < 4.78 is 22.5. The monoisotopic (exact) mass is 504 g/mol. The Morgan fingerprint density at radius 1 is 0.919 bits per heavy atom. The summed E-state index contributed by atoms with van der Waals surface area (Å²) in [5.41, 5.74) is 2.53. The number of benzene rings is 2. The number of carbonyl (C=O) groups is 2. The van der Waals surface area contributed by atoms with Gasteiger partial charge in [0.2, 0.25) is 12.7 Å². The van der Waals surface area contributed by atoms with Crippen LogP contribution in [0.3, 0.4) is 0 Å². The number of nitrogens with zero attached hydrogens (tertiary/aromatic N) is 2. The highest BCUT2D eigenvalue weighted by Crippen LogP contribution is 2.33. The van der Waals surface area contributed by atoms with Crippen molar-refractivity contribution >= 4 is 11.8 Å². The zero-order chi connectivity index (χ0) is 25.8. The van der Waals surface area contributed by atoms with E-state index in [1.165, 1.54) is 0 Å². The van der Waals surface area contributed by atoms with E-state index in [1.54, 1.807) is 21.9 Å². The number of hydrogen-bond donors (Lipinski definition) is 0. The van der Waals surface area contributed by atoms with Gasteiger partial charge in [-0.15, -0.1) is 0 Å². The van der Waals surface area contributed by atoms with Crippen LogP contribution in [0.5, 0.6) is 11.5 Å². The van der Waals surface area contributed by atoms with Crippen LogP contribution in [0.15, 0.2) is 59.0 Å². The molecule has 2 aliphatic rings. The molecule has 3 aromatic rings. The highest BCUT2D eigenvalue weighted by molar-refractivity contribution is 5.96. The molecule has 2 amide bonds. The second-order valence-corrected chi connectivity index (χ2v) is 9.64. The maximum absolute atomic E-state index is 13.8. The lowest BCUT2D eigenvalue weighted by Gasteiger charge is -2.29. The maximum Gasteiger partial charge on any atom is 0.254 e. The molecule has 0 bridgehead atoms. The Labute approximate surface area is 216 Å². The fourth-order valence-corrected chi connectivity index (χ4v) is 4.65. The average Bonchev–Trinajstić information content (AvgIpc) is 3.66. The molecule has 194 valence electrons. The van der Waals surface area contributed by atoms with Crippen LogP contribution in [-0.2, 0) is 22.6 Å². The first-order valence-electron chi connectivity index (χ1n) is 12.6. The van der Waals surface area contributed by atoms with Crippen molar-refractivity contribution in [3.05, 3.63) is 82.8 Å². The normalized spacial score (nSPS) is 16.1. The molecule has 1 atom stereocenters. The van der Waals surface area contributed by atoms with Crippen LogP contribution in [0.2, 0.25) is 0 Å². The molecule has 1 fully saturated rings. The number of carbonyl (C=O) groups excluding carboxylic acids is 2. The van der Waals surface area contributed by atoms with Gasteiger partial charge in [0.25, 0.3) is 5.91 Å². The fraction of sp³-hybridized carbons (Fsp3) is 0.379. The van der Waals surface area contributed by atoms with Crippen molar-refractivity contribution in [2.45, 2.75) is 45.9 Å². The number of hydrogen-bond acceptors (Lipinski definition) is 6. The SMILES string of the molecule is Cc1ccc(C(=O)N(CC(=O)N(Cc2ccc3c(c2)OCO3)Cc2ccc(C)o2)CC2CCCO2)cc1. The third-order valence-corrected chi connectivity index (χ3v) is 6.67. The van der Waals surface area contributed by atoms with Gasteiger partial charge in [-0.25, -0.2) is 0 Å². The summed E-state index contributed by atoms with van der Waals surface area (Å²) in [5, 5.41) is 0. The van der Waals surface area contributed by atoms with Crippen molar-refractivity contribution in [1.29, 1.82) is 0 Å². The summed E-state index contributed by atoms with van der Waals surface area (Å²) in [6, 6.07) is 16.8. The number of furan rings is 1. The minimum Gasteiger partial charge on any atom is -0.464 e. The van der Waals surface area contributed by atoms with E-state index < -0.39 is 0 Å². The second kappa shape index (κ2) is 11.1. The Kier molecular flexibility index (Phi) is 7.46. The summed E-state index contributed by atoms with van der Waals surface area (Å²) in [4.78, 5) is 30.6. The van der Waals surface area contributed by atoms with Gasteiger partial charge < -0.3 is 28.4 Å². The molecule has 0 aliphatic carbocycles. The summed E-state index contributed by atoms with van der Waals surface area (Å²) >= 11 is 0. The van der Waals surface area contributed by atoms with Gasteiger partial charge in [0.15, 0.2) is 11.5 Å². The first-order chi connectivity index (χ1) is 17.9. The van der Waals surface area contributed by atoms with Crippen LogP contribution in [0.4, 0.5) is 0 Å². The molecule has 5 rings (SSSR count). The van der Waals surface area contributed by atoms with Crippen LogP contribution in [-0.4, -0.2) is 54.2 Å². The Bertz CT molecular complexity index is 1250. The van der Waals surface area contributed by atoms with Crippen molar-refractivity contribution in [1.82, 2.24) is 9.80 Å². The topological polar surface area (TPSA) is 81.5 Å². The molecule has 37 heavy (non-hydrogen) atoms. The standard InChI is InChI=1S/C29H32N2O6/c1-20-5-9-23(10-6-20)29(33)31(16-24-4-3-13-34-24)18-28(32)30(17-25-11-7-21(2)37-25)15-22-8-12-26-27(14-22)36-19-35-26/h5-12,14,24H,3-4,13,15-19H2,1-2H3. The van der Waals surface area contributed by atoms with Gasteiger partial charge in [-0.2, -0.15) is 0 Å². The predicted molar refractivity (Wildman–Crippen MR) is 136 cm³/mol. The minimum atomic E-state index is -0.180. The third kappa shape index (κ3) is 6.14. The van der Waals surface area contributed by atoms with Gasteiger partial charge >= 0.3 is 0 Å². The van der Waals surface area contributed by atoms with Gasteiger partial charge in [-0.1, -0.05) is 23.8 Å². The van der Waals surface area contributed by atoms with Crippen molar-refractivity contribution in [2.75, 3.05) is 26.5 Å².